The molecule has 0 aromatic carbocycles. The van der Waals surface area contributed by atoms with Crippen molar-refractivity contribution in [2.75, 3.05) is 13.2 Å². The largest absolute Gasteiger partial charge is 0.375 e. The fraction of sp³-hybridized carbons (Fsp3) is 1.00. The van der Waals surface area contributed by atoms with Gasteiger partial charge in [0.2, 0.25) is 0 Å². The molecule has 1 spiro atoms. The first-order valence-electron chi connectivity index (χ1n) is 7.62. The summed E-state index contributed by atoms with van der Waals surface area (Å²) in [6.45, 7) is 4.70. The van der Waals surface area contributed by atoms with Crippen LogP contribution in [0.5, 0.6) is 0 Å². The highest BCUT2D eigenvalue weighted by Gasteiger charge is 2.47. The molecule has 3 aliphatic rings. The minimum absolute atomic E-state index is 0.305. The molecule has 2 aliphatic heterocycles. The molecular formula is C15H27NO. The van der Waals surface area contributed by atoms with Crippen LogP contribution in [0.2, 0.25) is 0 Å². The average molecular weight is 237 g/mol. The van der Waals surface area contributed by atoms with E-state index in [0.29, 0.717) is 11.1 Å². The molecular weight excluding hydrogens is 210 g/mol. The van der Waals surface area contributed by atoms with Crippen molar-refractivity contribution in [3.8, 4) is 0 Å². The maximum atomic E-state index is 6.07. The second-order valence-electron chi connectivity index (χ2n) is 6.73. The minimum atomic E-state index is 0.305. The van der Waals surface area contributed by atoms with Crippen LogP contribution < -0.4 is 5.32 Å². The molecule has 3 rings (SSSR count). The molecule has 2 saturated heterocycles. The van der Waals surface area contributed by atoms with Crippen molar-refractivity contribution in [3.05, 3.63) is 0 Å². The van der Waals surface area contributed by atoms with Crippen LogP contribution in [0.25, 0.3) is 0 Å². The number of hydrogen-bond acceptors (Lipinski definition) is 2. The highest BCUT2D eigenvalue weighted by molar-refractivity contribution is 5.01. The summed E-state index contributed by atoms with van der Waals surface area (Å²) in [5.41, 5.74) is 0.697. The zero-order chi connectivity index (χ0) is 11.8. The topological polar surface area (TPSA) is 21.3 Å². The molecule has 0 aromatic rings. The van der Waals surface area contributed by atoms with Gasteiger partial charge in [-0.3, -0.25) is 0 Å². The summed E-state index contributed by atoms with van der Waals surface area (Å²) in [4.78, 5) is 0. The molecule has 3 fully saturated rings. The molecule has 2 nitrogen and oxygen atoms in total. The van der Waals surface area contributed by atoms with Crippen LogP contribution in [0.15, 0.2) is 0 Å². The van der Waals surface area contributed by atoms with Crippen molar-refractivity contribution in [1.29, 1.82) is 0 Å². The van der Waals surface area contributed by atoms with Crippen molar-refractivity contribution in [3.63, 3.8) is 0 Å². The third-order valence-corrected chi connectivity index (χ3v) is 5.56. The quantitative estimate of drug-likeness (QED) is 0.756. The first-order valence-corrected chi connectivity index (χ1v) is 7.62. The van der Waals surface area contributed by atoms with Gasteiger partial charge in [0.1, 0.15) is 0 Å². The molecule has 2 atom stereocenters. The van der Waals surface area contributed by atoms with E-state index in [1.807, 2.05) is 0 Å². The second-order valence-corrected chi connectivity index (χ2v) is 6.73. The lowest BCUT2D eigenvalue weighted by molar-refractivity contribution is -0.153. The summed E-state index contributed by atoms with van der Waals surface area (Å²) >= 11 is 0. The van der Waals surface area contributed by atoms with Crippen LogP contribution >= 0.6 is 0 Å². The summed E-state index contributed by atoms with van der Waals surface area (Å²) in [5, 5.41) is 3.86. The van der Waals surface area contributed by atoms with E-state index >= 15 is 0 Å². The summed E-state index contributed by atoms with van der Waals surface area (Å²) in [5.74, 6) is 0.842. The maximum absolute atomic E-state index is 6.07. The standard InChI is InChI=1S/C15H27NO/c1-14(7-3-2-4-10-16-14)13-6-11-17-15(12-13)8-5-9-15/h13,16H,2-12H2,1H3. The van der Waals surface area contributed by atoms with Crippen LogP contribution in [0.1, 0.15) is 64.7 Å². The number of nitrogens with one attached hydrogen (secondary N) is 1. The second kappa shape index (κ2) is 4.55. The Kier molecular flexibility index (Phi) is 3.20. The first-order chi connectivity index (χ1) is 8.23. The van der Waals surface area contributed by atoms with Crippen molar-refractivity contribution in [2.45, 2.75) is 75.9 Å². The predicted octanol–water partition coefficient (Wildman–Crippen LogP) is 3.26. The van der Waals surface area contributed by atoms with Gasteiger partial charge in [0.25, 0.3) is 0 Å². The lowest BCUT2D eigenvalue weighted by atomic mass is 9.66. The highest BCUT2D eigenvalue weighted by atomic mass is 16.5. The summed E-state index contributed by atoms with van der Waals surface area (Å²) in [6, 6.07) is 0. The molecule has 2 heterocycles. The Morgan fingerprint density at radius 2 is 1.94 bits per heavy atom. The Balaban J connectivity index is 1.69. The Labute approximate surface area is 105 Å². The van der Waals surface area contributed by atoms with Gasteiger partial charge in [-0.05, 0) is 64.3 Å². The van der Waals surface area contributed by atoms with Crippen LogP contribution in [0.3, 0.4) is 0 Å². The van der Waals surface area contributed by atoms with Gasteiger partial charge in [-0.1, -0.05) is 12.8 Å². The van der Waals surface area contributed by atoms with E-state index in [9.17, 15) is 0 Å². The molecule has 1 N–H and O–H groups in total. The number of rotatable bonds is 1. The zero-order valence-corrected chi connectivity index (χ0v) is 11.3. The molecule has 2 heteroatoms. The Morgan fingerprint density at radius 1 is 1.06 bits per heavy atom. The Bertz CT molecular complexity index is 264. The minimum Gasteiger partial charge on any atom is -0.375 e. The summed E-state index contributed by atoms with van der Waals surface area (Å²) in [6.07, 6.45) is 12.2. The fourth-order valence-electron chi connectivity index (χ4n) is 4.10. The maximum Gasteiger partial charge on any atom is 0.0686 e. The lowest BCUT2D eigenvalue weighted by Crippen LogP contribution is -2.55. The molecule has 0 bridgehead atoms. The van der Waals surface area contributed by atoms with Gasteiger partial charge in [0, 0.05) is 12.1 Å². The van der Waals surface area contributed by atoms with Gasteiger partial charge in [0.05, 0.1) is 5.60 Å². The normalized spacial score (nSPS) is 41.8. The van der Waals surface area contributed by atoms with Crippen molar-refractivity contribution < 1.29 is 4.74 Å². The van der Waals surface area contributed by atoms with Crippen molar-refractivity contribution in [2.24, 2.45) is 5.92 Å². The third-order valence-electron chi connectivity index (χ3n) is 5.56. The molecule has 0 aromatic heterocycles. The van der Waals surface area contributed by atoms with Crippen LogP contribution in [-0.2, 0) is 4.74 Å². The van der Waals surface area contributed by atoms with E-state index in [4.69, 9.17) is 4.74 Å². The van der Waals surface area contributed by atoms with Gasteiger partial charge in [0.15, 0.2) is 0 Å². The van der Waals surface area contributed by atoms with Crippen LogP contribution in [0, 0.1) is 5.92 Å². The average Bonchev–Trinajstić information content (AvgIpc) is 2.53. The predicted molar refractivity (Wildman–Crippen MR) is 70.1 cm³/mol. The van der Waals surface area contributed by atoms with E-state index in [1.165, 1.54) is 64.3 Å². The van der Waals surface area contributed by atoms with Crippen molar-refractivity contribution in [1.82, 2.24) is 5.32 Å². The van der Waals surface area contributed by atoms with Crippen LogP contribution in [-0.4, -0.2) is 24.3 Å². The summed E-state index contributed by atoms with van der Waals surface area (Å²) < 4.78 is 6.07. The van der Waals surface area contributed by atoms with E-state index in [1.54, 1.807) is 0 Å². The van der Waals surface area contributed by atoms with E-state index in [-0.39, 0.29) is 0 Å². The van der Waals surface area contributed by atoms with Gasteiger partial charge in [-0.2, -0.15) is 0 Å². The van der Waals surface area contributed by atoms with Crippen molar-refractivity contribution >= 4 is 0 Å². The SMILES string of the molecule is CC1(C2CCOC3(CCC3)C2)CCCCCN1. The fourth-order valence-corrected chi connectivity index (χ4v) is 4.10. The highest BCUT2D eigenvalue weighted by Crippen LogP contribution is 2.47. The Hall–Kier alpha value is -0.0800. The lowest BCUT2D eigenvalue weighted by Gasteiger charge is -2.51. The number of hydrogen-bond donors (Lipinski definition) is 1. The van der Waals surface area contributed by atoms with Gasteiger partial charge < -0.3 is 10.1 Å². The third kappa shape index (κ3) is 2.26. The molecule has 0 amide bonds. The smallest absolute Gasteiger partial charge is 0.0686 e. The Morgan fingerprint density at radius 3 is 2.71 bits per heavy atom. The molecule has 0 radical (unpaired) electrons. The van der Waals surface area contributed by atoms with Gasteiger partial charge in [-0.25, -0.2) is 0 Å². The molecule has 17 heavy (non-hydrogen) atoms. The summed E-state index contributed by atoms with van der Waals surface area (Å²) in [7, 11) is 0. The zero-order valence-electron chi connectivity index (χ0n) is 11.3. The first kappa shape index (κ1) is 12.0. The molecule has 98 valence electrons. The van der Waals surface area contributed by atoms with E-state index in [2.05, 4.69) is 12.2 Å². The number of ether oxygens (including phenoxy) is 1. The molecule has 1 aliphatic carbocycles. The molecule has 1 saturated carbocycles. The van der Waals surface area contributed by atoms with Crippen LogP contribution in [0.4, 0.5) is 0 Å². The van der Waals surface area contributed by atoms with E-state index in [0.717, 1.165) is 12.5 Å². The monoisotopic (exact) mass is 237 g/mol. The van der Waals surface area contributed by atoms with E-state index < -0.39 is 0 Å². The van der Waals surface area contributed by atoms with Gasteiger partial charge >= 0.3 is 0 Å². The van der Waals surface area contributed by atoms with Gasteiger partial charge in [-0.15, -0.1) is 0 Å². The molecule has 2 unspecified atom stereocenters.